The highest BCUT2D eigenvalue weighted by molar-refractivity contribution is 8.00. The summed E-state index contributed by atoms with van der Waals surface area (Å²) in [5, 5.41) is 3.08. The number of aryl methyl sites for hydroxylation is 1. The number of carbonyl (C=O) groups is 1. The normalized spacial score (nSPS) is 19.3. The average Bonchev–Trinajstić information content (AvgIpc) is 2.89. The number of hydrogen-bond donors (Lipinski definition) is 1. The number of anilines is 1. The van der Waals surface area contributed by atoms with Crippen molar-refractivity contribution in [2.75, 3.05) is 17.9 Å². The summed E-state index contributed by atoms with van der Waals surface area (Å²) in [5.41, 5.74) is 4.32. The Morgan fingerprint density at radius 3 is 2.73 bits per heavy atom. The molecular weight excluding hydrogens is 298 g/mol. The smallest absolute Gasteiger partial charge is 0.234 e. The third-order valence-corrected chi connectivity index (χ3v) is 5.22. The second kappa shape index (κ2) is 5.25. The summed E-state index contributed by atoms with van der Waals surface area (Å²) in [6.45, 7) is 2.33. The van der Waals surface area contributed by atoms with Gasteiger partial charge in [0.1, 0.15) is 0 Å². The zero-order valence-corrected chi connectivity index (χ0v) is 12.9. The number of fused-ring (bicyclic) bond motifs is 2. The number of amides is 1. The summed E-state index contributed by atoms with van der Waals surface area (Å²) in [6.07, 6.45) is 0. The fraction of sp³-hybridized carbons (Fsp3) is 0.235. The summed E-state index contributed by atoms with van der Waals surface area (Å²) in [4.78, 5) is 12.0. The van der Waals surface area contributed by atoms with Gasteiger partial charge in [0.15, 0.2) is 11.5 Å². The lowest BCUT2D eigenvalue weighted by Gasteiger charge is -2.19. The van der Waals surface area contributed by atoms with Gasteiger partial charge in [0.25, 0.3) is 0 Å². The number of carbonyl (C=O) groups excluding carboxylic acids is 1. The first-order chi connectivity index (χ1) is 10.7. The van der Waals surface area contributed by atoms with Crippen molar-refractivity contribution >= 4 is 23.4 Å². The van der Waals surface area contributed by atoms with E-state index in [1.165, 1.54) is 11.1 Å². The van der Waals surface area contributed by atoms with Crippen LogP contribution in [0, 0.1) is 6.92 Å². The van der Waals surface area contributed by atoms with Crippen LogP contribution in [-0.2, 0) is 4.79 Å². The SMILES string of the molecule is Cc1ccccc1C1SCC(=O)Nc2cc3c(cc21)OCO3. The maximum Gasteiger partial charge on any atom is 0.234 e. The molecule has 4 nitrogen and oxygen atoms in total. The molecular formula is C17H15NO3S. The predicted molar refractivity (Wildman–Crippen MR) is 86.7 cm³/mol. The number of ether oxygens (including phenoxy) is 2. The highest BCUT2D eigenvalue weighted by Gasteiger charge is 2.28. The van der Waals surface area contributed by atoms with Crippen LogP contribution in [0.15, 0.2) is 36.4 Å². The number of rotatable bonds is 1. The van der Waals surface area contributed by atoms with Gasteiger partial charge in [-0.05, 0) is 29.7 Å². The van der Waals surface area contributed by atoms with Crippen LogP contribution in [0.25, 0.3) is 0 Å². The van der Waals surface area contributed by atoms with Crippen molar-refractivity contribution < 1.29 is 14.3 Å². The number of nitrogens with one attached hydrogen (secondary N) is 1. The molecule has 1 unspecified atom stereocenters. The van der Waals surface area contributed by atoms with E-state index in [0.29, 0.717) is 11.5 Å². The first-order valence-corrected chi connectivity index (χ1v) is 8.18. The van der Waals surface area contributed by atoms with Crippen molar-refractivity contribution in [3.05, 3.63) is 53.1 Å². The van der Waals surface area contributed by atoms with Gasteiger partial charge < -0.3 is 14.8 Å². The maximum atomic E-state index is 12.0. The Morgan fingerprint density at radius 1 is 1.14 bits per heavy atom. The first kappa shape index (κ1) is 13.5. The maximum absolute atomic E-state index is 12.0. The minimum Gasteiger partial charge on any atom is -0.454 e. The molecule has 1 amide bonds. The Kier molecular flexibility index (Phi) is 3.22. The van der Waals surface area contributed by atoms with Gasteiger partial charge in [0, 0.05) is 11.8 Å². The Bertz CT molecular complexity index is 760. The summed E-state index contributed by atoms with van der Waals surface area (Å²) >= 11 is 1.64. The minimum absolute atomic E-state index is 0.0150. The molecule has 112 valence electrons. The van der Waals surface area contributed by atoms with Crippen LogP contribution in [0.5, 0.6) is 11.5 Å². The molecule has 22 heavy (non-hydrogen) atoms. The van der Waals surface area contributed by atoms with Gasteiger partial charge in [-0.15, -0.1) is 11.8 Å². The van der Waals surface area contributed by atoms with E-state index in [9.17, 15) is 4.79 Å². The highest BCUT2D eigenvalue weighted by Crippen LogP contribution is 2.47. The Labute approximate surface area is 132 Å². The van der Waals surface area contributed by atoms with Gasteiger partial charge in [0.05, 0.1) is 11.0 Å². The van der Waals surface area contributed by atoms with Crippen molar-refractivity contribution in [1.82, 2.24) is 0 Å². The second-order valence-corrected chi connectivity index (χ2v) is 6.48. The van der Waals surface area contributed by atoms with Crippen LogP contribution in [0.4, 0.5) is 5.69 Å². The van der Waals surface area contributed by atoms with Crippen LogP contribution in [0.2, 0.25) is 0 Å². The molecule has 1 atom stereocenters. The monoisotopic (exact) mass is 313 g/mol. The molecule has 0 fully saturated rings. The lowest BCUT2D eigenvalue weighted by Crippen LogP contribution is -2.12. The molecule has 0 spiro atoms. The molecule has 2 aliphatic rings. The largest absolute Gasteiger partial charge is 0.454 e. The fourth-order valence-corrected chi connectivity index (χ4v) is 4.07. The van der Waals surface area contributed by atoms with Gasteiger partial charge in [-0.3, -0.25) is 4.79 Å². The van der Waals surface area contributed by atoms with Gasteiger partial charge in [-0.2, -0.15) is 0 Å². The molecule has 2 aromatic rings. The quantitative estimate of drug-likeness (QED) is 0.875. The van der Waals surface area contributed by atoms with E-state index < -0.39 is 0 Å². The highest BCUT2D eigenvalue weighted by atomic mass is 32.2. The Morgan fingerprint density at radius 2 is 1.91 bits per heavy atom. The summed E-state index contributed by atoms with van der Waals surface area (Å²) in [6, 6.07) is 12.2. The zero-order valence-electron chi connectivity index (χ0n) is 12.1. The molecule has 0 radical (unpaired) electrons. The van der Waals surface area contributed by atoms with Crippen molar-refractivity contribution in [3.63, 3.8) is 0 Å². The second-order valence-electron chi connectivity index (χ2n) is 5.39. The number of hydrogen-bond acceptors (Lipinski definition) is 4. The molecule has 0 aromatic heterocycles. The minimum atomic E-state index is 0.0150. The average molecular weight is 313 g/mol. The van der Waals surface area contributed by atoms with E-state index in [2.05, 4.69) is 24.4 Å². The van der Waals surface area contributed by atoms with Crippen molar-refractivity contribution in [3.8, 4) is 11.5 Å². The third-order valence-electron chi connectivity index (χ3n) is 3.95. The number of benzene rings is 2. The van der Waals surface area contributed by atoms with Crippen LogP contribution in [0.1, 0.15) is 21.9 Å². The van der Waals surface area contributed by atoms with Crippen molar-refractivity contribution in [2.45, 2.75) is 12.2 Å². The molecule has 0 saturated carbocycles. The van der Waals surface area contributed by atoms with Crippen LogP contribution >= 0.6 is 11.8 Å². The molecule has 0 bridgehead atoms. The van der Waals surface area contributed by atoms with E-state index in [4.69, 9.17) is 9.47 Å². The molecule has 5 heteroatoms. The molecule has 2 heterocycles. The van der Waals surface area contributed by atoms with E-state index in [1.807, 2.05) is 24.3 Å². The standard InChI is InChI=1S/C17H15NO3S/c1-10-4-2-3-5-11(10)17-12-6-14-15(21-9-20-14)7-13(12)18-16(19)8-22-17/h2-7,17H,8-9H2,1H3,(H,18,19). The van der Waals surface area contributed by atoms with E-state index in [-0.39, 0.29) is 18.0 Å². The van der Waals surface area contributed by atoms with E-state index in [0.717, 1.165) is 17.0 Å². The molecule has 2 aliphatic heterocycles. The van der Waals surface area contributed by atoms with Gasteiger partial charge in [-0.25, -0.2) is 0 Å². The van der Waals surface area contributed by atoms with Gasteiger partial charge in [-0.1, -0.05) is 24.3 Å². The summed E-state index contributed by atoms with van der Waals surface area (Å²) in [7, 11) is 0. The zero-order chi connectivity index (χ0) is 15.1. The first-order valence-electron chi connectivity index (χ1n) is 7.13. The van der Waals surface area contributed by atoms with E-state index in [1.54, 1.807) is 11.8 Å². The summed E-state index contributed by atoms with van der Waals surface area (Å²) < 4.78 is 10.9. The van der Waals surface area contributed by atoms with Crippen molar-refractivity contribution in [2.24, 2.45) is 0 Å². The van der Waals surface area contributed by atoms with Crippen LogP contribution in [-0.4, -0.2) is 18.5 Å². The number of thioether (sulfide) groups is 1. The molecule has 0 aliphatic carbocycles. The molecule has 0 saturated heterocycles. The third kappa shape index (κ3) is 2.22. The fourth-order valence-electron chi connectivity index (χ4n) is 2.86. The Balaban J connectivity index is 1.88. The molecule has 1 N–H and O–H groups in total. The lowest BCUT2D eigenvalue weighted by molar-refractivity contribution is -0.113. The molecule has 4 rings (SSSR count). The Hall–Kier alpha value is -2.14. The van der Waals surface area contributed by atoms with Crippen LogP contribution < -0.4 is 14.8 Å². The van der Waals surface area contributed by atoms with Gasteiger partial charge in [0.2, 0.25) is 12.7 Å². The van der Waals surface area contributed by atoms with Crippen molar-refractivity contribution in [1.29, 1.82) is 0 Å². The predicted octanol–water partition coefficient (Wildman–Crippen LogP) is 3.50. The van der Waals surface area contributed by atoms with E-state index >= 15 is 0 Å². The van der Waals surface area contributed by atoms with Gasteiger partial charge >= 0.3 is 0 Å². The summed E-state index contributed by atoms with van der Waals surface area (Å²) in [5.74, 6) is 1.88. The molecule has 2 aromatic carbocycles. The van der Waals surface area contributed by atoms with Crippen LogP contribution in [0.3, 0.4) is 0 Å². The topological polar surface area (TPSA) is 47.6 Å². The lowest BCUT2D eigenvalue weighted by atomic mass is 9.98.